The maximum Gasteiger partial charge on any atom is 0.269 e. The fourth-order valence-electron chi connectivity index (χ4n) is 1.35. The predicted octanol–water partition coefficient (Wildman–Crippen LogP) is 1.84. The molecule has 0 atom stereocenters. The highest BCUT2D eigenvalue weighted by molar-refractivity contribution is 6.30. The van der Waals surface area contributed by atoms with Gasteiger partial charge in [-0.25, -0.2) is 0 Å². The minimum Gasteiger partial charge on any atom is -0.365 e. The van der Waals surface area contributed by atoms with Crippen LogP contribution >= 0.6 is 11.6 Å². The van der Waals surface area contributed by atoms with Gasteiger partial charge in [0.25, 0.3) is 5.91 Å². The molecule has 2 aromatic rings. The molecule has 2 rings (SSSR count). The first kappa shape index (κ1) is 12.3. The summed E-state index contributed by atoms with van der Waals surface area (Å²) < 4.78 is 0. The van der Waals surface area contributed by atoms with E-state index >= 15 is 0 Å². The summed E-state index contributed by atoms with van der Waals surface area (Å²) in [6.07, 6.45) is 0. The molecule has 0 fully saturated rings. The Morgan fingerprint density at radius 2 is 1.89 bits per heavy atom. The number of primary amides is 1. The van der Waals surface area contributed by atoms with Gasteiger partial charge in [-0.3, -0.25) is 4.79 Å². The summed E-state index contributed by atoms with van der Waals surface area (Å²) in [5.74, 6) is -0.0123. The molecular formula is C12H11ClN4O. The van der Waals surface area contributed by atoms with E-state index in [2.05, 4.69) is 15.5 Å². The van der Waals surface area contributed by atoms with Crippen molar-refractivity contribution in [1.29, 1.82) is 0 Å². The number of aromatic nitrogens is 2. The van der Waals surface area contributed by atoms with E-state index in [4.69, 9.17) is 17.3 Å². The van der Waals surface area contributed by atoms with E-state index in [1.54, 1.807) is 6.07 Å². The van der Waals surface area contributed by atoms with Gasteiger partial charge in [0, 0.05) is 11.6 Å². The van der Waals surface area contributed by atoms with E-state index in [0.29, 0.717) is 17.4 Å². The highest BCUT2D eigenvalue weighted by Gasteiger charge is 2.02. The first-order valence-corrected chi connectivity index (χ1v) is 5.65. The molecule has 0 aliphatic carbocycles. The average molecular weight is 263 g/mol. The molecule has 92 valence electrons. The molecule has 1 amide bonds. The van der Waals surface area contributed by atoms with Crippen molar-refractivity contribution >= 4 is 23.3 Å². The second kappa shape index (κ2) is 5.46. The normalized spacial score (nSPS) is 10.1. The summed E-state index contributed by atoms with van der Waals surface area (Å²) in [6, 6.07) is 10.7. The molecule has 0 saturated heterocycles. The lowest BCUT2D eigenvalue weighted by Gasteiger charge is -2.05. The molecule has 1 aromatic carbocycles. The lowest BCUT2D eigenvalue weighted by Crippen LogP contribution is -2.14. The van der Waals surface area contributed by atoms with Crippen LogP contribution in [0, 0.1) is 0 Å². The molecule has 0 aliphatic rings. The van der Waals surface area contributed by atoms with Crippen molar-refractivity contribution in [3.8, 4) is 0 Å². The Labute approximate surface area is 109 Å². The standard InChI is InChI=1S/C12H11ClN4O/c13-9-3-1-8(2-4-9)7-15-11-6-5-10(12(14)18)16-17-11/h1-6H,7H2,(H2,14,18)(H,15,17). The van der Waals surface area contributed by atoms with Crippen LogP contribution in [0.4, 0.5) is 5.82 Å². The van der Waals surface area contributed by atoms with E-state index in [0.717, 1.165) is 5.56 Å². The van der Waals surface area contributed by atoms with Crippen LogP contribution in [0.15, 0.2) is 36.4 Å². The van der Waals surface area contributed by atoms with E-state index < -0.39 is 5.91 Å². The average Bonchev–Trinajstić information content (AvgIpc) is 2.38. The van der Waals surface area contributed by atoms with Gasteiger partial charge in [0.05, 0.1) is 0 Å². The molecule has 0 radical (unpaired) electrons. The van der Waals surface area contributed by atoms with Gasteiger partial charge >= 0.3 is 0 Å². The molecule has 0 bridgehead atoms. The first-order valence-electron chi connectivity index (χ1n) is 5.27. The lowest BCUT2D eigenvalue weighted by molar-refractivity contribution is 0.0994. The maximum atomic E-state index is 10.8. The second-order valence-electron chi connectivity index (χ2n) is 3.65. The summed E-state index contributed by atoms with van der Waals surface area (Å²) >= 11 is 5.79. The SMILES string of the molecule is NC(=O)c1ccc(NCc2ccc(Cl)cc2)nn1. The van der Waals surface area contributed by atoms with Gasteiger partial charge in [-0.2, -0.15) is 0 Å². The number of hydrogen-bond donors (Lipinski definition) is 2. The fraction of sp³-hybridized carbons (Fsp3) is 0.0833. The van der Waals surface area contributed by atoms with Crippen molar-refractivity contribution in [1.82, 2.24) is 10.2 Å². The number of carbonyl (C=O) groups excluding carboxylic acids is 1. The molecule has 0 unspecified atom stereocenters. The number of carbonyl (C=O) groups is 1. The third kappa shape index (κ3) is 3.18. The van der Waals surface area contributed by atoms with E-state index in [-0.39, 0.29) is 5.69 Å². The van der Waals surface area contributed by atoms with Gasteiger partial charge in [-0.15, -0.1) is 10.2 Å². The molecule has 5 nitrogen and oxygen atoms in total. The van der Waals surface area contributed by atoms with Crippen LogP contribution in [-0.2, 0) is 6.54 Å². The highest BCUT2D eigenvalue weighted by atomic mass is 35.5. The Hall–Kier alpha value is -2.14. The number of nitrogens with zero attached hydrogens (tertiary/aromatic N) is 2. The Bertz CT molecular complexity index is 539. The predicted molar refractivity (Wildman–Crippen MR) is 69.3 cm³/mol. The van der Waals surface area contributed by atoms with Gasteiger partial charge in [0.2, 0.25) is 0 Å². The van der Waals surface area contributed by atoms with Crippen LogP contribution < -0.4 is 11.1 Å². The summed E-state index contributed by atoms with van der Waals surface area (Å²) in [4.78, 5) is 10.8. The number of benzene rings is 1. The van der Waals surface area contributed by atoms with E-state index in [1.165, 1.54) is 6.07 Å². The van der Waals surface area contributed by atoms with Gasteiger partial charge in [-0.1, -0.05) is 23.7 Å². The van der Waals surface area contributed by atoms with Crippen molar-refractivity contribution in [2.24, 2.45) is 5.73 Å². The molecular weight excluding hydrogens is 252 g/mol. The number of nitrogens with one attached hydrogen (secondary N) is 1. The minimum absolute atomic E-state index is 0.145. The number of rotatable bonds is 4. The van der Waals surface area contributed by atoms with Crippen molar-refractivity contribution in [3.63, 3.8) is 0 Å². The Morgan fingerprint density at radius 3 is 2.44 bits per heavy atom. The summed E-state index contributed by atoms with van der Waals surface area (Å²) in [5.41, 5.74) is 6.28. The first-order chi connectivity index (χ1) is 8.65. The van der Waals surface area contributed by atoms with Crippen LogP contribution in [0.3, 0.4) is 0 Å². The lowest BCUT2D eigenvalue weighted by atomic mass is 10.2. The molecule has 1 heterocycles. The second-order valence-corrected chi connectivity index (χ2v) is 4.08. The molecule has 0 spiro atoms. The fourth-order valence-corrected chi connectivity index (χ4v) is 1.48. The van der Waals surface area contributed by atoms with E-state index in [1.807, 2.05) is 24.3 Å². The third-order valence-electron chi connectivity index (χ3n) is 2.30. The van der Waals surface area contributed by atoms with Gasteiger partial charge in [0.1, 0.15) is 5.82 Å². The smallest absolute Gasteiger partial charge is 0.269 e. The van der Waals surface area contributed by atoms with Crippen LogP contribution in [0.1, 0.15) is 16.1 Å². The summed E-state index contributed by atoms with van der Waals surface area (Å²) in [6.45, 7) is 0.599. The zero-order valence-electron chi connectivity index (χ0n) is 9.43. The highest BCUT2D eigenvalue weighted by Crippen LogP contribution is 2.11. The molecule has 6 heteroatoms. The minimum atomic E-state index is -0.591. The topological polar surface area (TPSA) is 80.9 Å². The summed E-state index contributed by atoms with van der Waals surface area (Å²) in [7, 11) is 0. The molecule has 1 aromatic heterocycles. The molecule has 0 saturated carbocycles. The van der Waals surface area contributed by atoms with Crippen molar-refractivity contribution < 1.29 is 4.79 Å². The van der Waals surface area contributed by atoms with Crippen LogP contribution in [0.5, 0.6) is 0 Å². The number of hydrogen-bond acceptors (Lipinski definition) is 4. The summed E-state index contributed by atoms with van der Waals surface area (Å²) in [5, 5.41) is 11.3. The van der Waals surface area contributed by atoms with Gasteiger partial charge < -0.3 is 11.1 Å². The maximum absolute atomic E-state index is 10.8. The number of halogens is 1. The van der Waals surface area contributed by atoms with Crippen LogP contribution in [0.25, 0.3) is 0 Å². The van der Waals surface area contributed by atoms with Gasteiger partial charge in [0.15, 0.2) is 5.69 Å². The Balaban J connectivity index is 1.97. The molecule has 3 N–H and O–H groups in total. The monoisotopic (exact) mass is 262 g/mol. The Kier molecular flexibility index (Phi) is 3.74. The largest absolute Gasteiger partial charge is 0.365 e. The number of anilines is 1. The quantitative estimate of drug-likeness (QED) is 0.881. The van der Waals surface area contributed by atoms with Gasteiger partial charge in [-0.05, 0) is 29.8 Å². The number of nitrogens with two attached hydrogens (primary N) is 1. The van der Waals surface area contributed by atoms with Crippen molar-refractivity contribution in [2.75, 3.05) is 5.32 Å². The molecule has 18 heavy (non-hydrogen) atoms. The third-order valence-corrected chi connectivity index (χ3v) is 2.56. The van der Waals surface area contributed by atoms with Crippen LogP contribution in [-0.4, -0.2) is 16.1 Å². The van der Waals surface area contributed by atoms with Crippen molar-refractivity contribution in [3.05, 3.63) is 52.7 Å². The zero-order valence-corrected chi connectivity index (χ0v) is 10.2. The van der Waals surface area contributed by atoms with Crippen molar-refractivity contribution in [2.45, 2.75) is 6.54 Å². The zero-order chi connectivity index (χ0) is 13.0. The Morgan fingerprint density at radius 1 is 1.17 bits per heavy atom. The molecule has 0 aliphatic heterocycles. The van der Waals surface area contributed by atoms with Crippen LogP contribution in [0.2, 0.25) is 5.02 Å². The number of amides is 1. The van der Waals surface area contributed by atoms with E-state index in [9.17, 15) is 4.79 Å².